The molecule has 0 bridgehead atoms. The van der Waals surface area contributed by atoms with Crippen molar-refractivity contribution in [3.63, 3.8) is 0 Å². The summed E-state index contributed by atoms with van der Waals surface area (Å²) in [4.78, 5) is 11.1. The number of hydrogen-bond acceptors (Lipinski definition) is 3. The van der Waals surface area contributed by atoms with Gasteiger partial charge >= 0.3 is 5.97 Å². The van der Waals surface area contributed by atoms with Gasteiger partial charge in [0.15, 0.2) is 11.5 Å². The predicted octanol–water partition coefficient (Wildman–Crippen LogP) is 3.52. The quantitative estimate of drug-likeness (QED) is 0.871. The molecule has 0 heterocycles. The SMILES string of the molecule is COc1ccc(C2(CC(=O)O)CC2)cc1OC1CCCC1. The molecule has 0 spiro atoms. The van der Waals surface area contributed by atoms with E-state index in [1.807, 2.05) is 18.2 Å². The van der Waals surface area contributed by atoms with Gasteiger partial charge in [0.25, 0.3) is 0 Å². The zero-order chi connectivity index (χ0) is 14.9. The number of ether oxygens (including phenoxy) is 2. The molecule has 2 fully saturated rings. The average Bonchev–Trinajstić information content (AvgIpc) is 3.04. The molecule has 1 N–H and O–H groups in total. The maximum absolute atomic E-state index is 11.1. The number of carbonyl (C=O) groups is 1. The molecule has 114 valence electrons. The minimum Gasteiger partial charge on any atom is -0.493 e. The van der Waals surface area contributed by atoms with Crippen molar-refractivity contribution >= 4 is 5.97 Å². The number of aliphatic carboxylic acids is 1. The van der Waals surface area contributed by atoms with Crippen molar-refractivity contribution in [1.29, 1.82) is 0 Å². The maximum Gasteiger partial charge on any atom is 0.304 e. The van der Waals surface area contributed by atoms with Gasteiger partial charge in [-0.25, -0.2) is 0 Å². The van der Waals surface area contributed by atoms with Crippen molar-refractivity contribution < 1.29 is 19.4 Å². The molecule has 2 aliphatic carbocycles. The summed E-state index contributed by atoms with van der Waals surface area (Å²) < 4.78 is 11.5. The topological polar surface area (TPSA) is 55.8 Å². The van der Waals surface area contributed by atoms with E-state index in [-0.39, 0.29) is 17.9 Å². The van der Waals surface area contributed by atoms with Crippen molar-refractivity contribution in [3.8, 4) is 11.5 Å². The molecule has 2 aliphatic rings. The van der Waals surface area contributed by atoms with Crippen LogP contribution < -0.4 is 9.47 Å². The van der Waals surface area contributed by atoms with Crippen LogP contribution in [0.4, 0.5) is 0 Å². The van der Waals surface area contributed by atoms with Crippen LogP contribution in [0.3, 0.4) is 0 Å². The molecule has 2 saturated carbocycles. The summed E-state index contributed by atoms with van der Waals surface area (Å²) in [7, 11) is 1.64. The van der Waals surface area contributed by atoms with Crippen LogP contribution in [0.25, 0.3) is 0 Å². The van der Waals surface area contributed by atoms with Crippen LogP contribution in [0.15, 0.2) is 18.2 Å². The normalized spacial score (nSPS) is 20.2. The van der Waals surface area contributed by atoms with Crippen molar-refractivity contribution in [2.45, 2.75) is 56.5 Å². The van der Waals surface area contributed by atoms with Crippen molar-refractivity contribution in [2.24, 2.45) is 0 Å². The number of benzene rings is 1. The van der Waals surface area contributed by atoms with Crippen LogP contribution in [-0.4, -0.2) is 24.3 Å². The number of carboxylic acid groups (broad SMARTS) is 1. The van der Waals surface area contributed by atoms with Crippen molar-refractivity contribution in [3.05, 3.63) is 23.8 Å². The third-order valence-corrected chi connectivity index (χ3v) is 4.71. The van der Waals surface area contributed by atoms with Gasteiger partial charge in [-0.15, -0.1) is 0 Å². The van der Waals surface area contributed by atoms with Gasteiger partial charge in [-0.3, -0.25) is 4.79 Å². The lowest BCUT2D eigenvalue weighted by molar-refractivity contribution is -0.137. The molecule has 1 aromatic rings. The molecule has 0 aliphatic heterocycles. The molecule has 0 amide bonds. The summed E-state index contributed by atoms with van der Waals surface area (Å²) in [5.74, 6) is 0.761. The van der Waals surface area contributed by atoms with Crippen molar-refractivity contribution in [1.82, 2.24) is 0 Å². The van der Waals surface area contributed by atoms with Crippen LogP contribution in [0.1, 0.15) is 50.5 Å². The molecule has 1 aromatic carbocycles. The lowest BCUT2D eigenvalue weighted by Gasteiger charge is -2.19. The van der Waals surface area contributed by atoms with E-state index in [1.165, 1.54) is 12.8 Å². The number of hydrogen-bond donors (Lipinski definition) is 1. The monoisotopic (exact) mass is 290 g/mol. The average molecular weight is 290 g/mol. The first kappa shape index (κ1) is 14.2. The summed E-state index contributed by atoms with van der Waals surface area (Å²) in [6.45, 7) is 0. The summed E-state index contributed by atoms with van der Waals surface area (Å²) in [5, 5.41) is 9.09. The highest BCUT2D eigenvalue weighted by atomic mass is 16.5. The summed E-state index contributed by atoms with van der Waals surface area (Å²) in [6.07, 6.45) is 6.96. The first-order chi connectivity index (χ1) is 10.1. The third kappa shape index (κ3) is 2.99. The minimum absolute atomic E-state index is 0.189. The van der Waals surface area contributed by atoms with E-state index in [1.54, 1.807) is 7.11 Å². The Morgan fingerprint density at radius 3 is 2.57 bits per heavy atom. The highest BCUT2D eigenvalue weighted by molar-refractivity contribution is 5.70. The highest BCUT2D eigenvalue weighted by Crippen LogP contribution is 2.52. The second-order valence-electron chi connectivity index (χ2n) is 6.24. The van der Waals surface area contributed by atoms with Gasteiger partial charge in [0.2, 0.25) is 0 Å². The molecule has 21 heavy (non-hydrogen) atoms. The number of carboxylic acids is 1. The summed E-state index contributed by atoms with van der Waals surface area (Å²) >= 11 is 0. The van der Waals surface area contributed by atoms with E-state index in [2.05, 4.69) is 0 Å². The molecule has 0 aromatic heterocycles. The largest absolute Gasteiger partial charge is 0.493 e. The minimum atomic E-state index is -0.735. The van der Waals surface area contributed by atoms with Gasteiger partial charge in [-0.05, 0) is 56.2 Å². The molecule has 4 heteroatoms. The first-order valence-electron chi connectivity index (χ1n) is 7.70. The smallest absolute Gasteiger partial charge is 0.304 e. The Labute approximate surface area is 125 Å². The van der Waals surface area contributed by atoms with E-state index in [0.717, 1.165) is 42.7 Å². The third-order valence-electron chi connectivity index (χ3n) is 4.71. The van der Waals surface area contributed by atoms with E-state index in [0.29, 0.717) is 0 Å². The van der Waals surface area contributed by atoms with Crippen LogP contribution >= 0.6 is 0 Å². The van der Waals surface area contributed by atoms with Crippen LogP contribution in [0, 0.1) is 0 Å². The molecule has 0 radical (unpaired) electrons. The van der Waals surface area contributed by atoms with E-state index in [4.69, 9.17) is 14.6 Å². The van der Waals surface area contributed by atoms with Gasteiger partial charge in [0.05, 0.1) is 19.6 Å². The Bertz CT molecular complexity index is 528. The van der Waals surface area contributed by atoms with Crippen molar-refractivity contribution in [2.75, 3.05) is 7.11 Å². The number of methoxy groups -OCH3 is 1. The Balaban J connectivity index is 1.84. The maximum atomic E-state index is 11.1. The van der Waals surface area contributed by atoms with Gasteiger partial charge in [0.1, 0.15) is 0 Å². The predicted molar refractivity (Wildman–Crippen MR) is 79.0 cm³/mol. The van der Waals surface area contributed by atoms with Gasteiger partial charge in [-0.1, -0.05) is 6.07 Å². The molecule has 4 nitrogen and oxygen atoms in total. The molecule has 0 atom stereocenters. The number of rotatable bonds is 6. The molecular formula is C17H22O4. The van der Waals surface area contributed by atoms with Crippen LogP contribution in [-0.2, 0) is 10.2 Å². The fraction of sp³-hybridized carbons (Fsp3) is 0.588. The van der Waals surface area contributed by atoms with E-state index in [9.17, 15) is 4.79 Å². The van der Waals surface area contributed by atoms with Crippen LogP contribution in [0.2, 0.25) is 0 Å². The van der Waals surface area contributed by atoms with Gasteiger partial charge in [-0.2, -0.15) is 0 Å². The Morgan fingerprint density at radius 2 is 2.00 bits per heavy atom. The first-order valence-corrected chi connectivity index (χ1v) is 7.70. The second kappa shape index (κ2) is 5.58. The second-order valence-corrected chi connectivity index (χ2v) is 6.24. The molecule has 0 saturated heterocycles. The lowest BCUT2D eigenvalue weighted by Crippen LogP contribution is -2.15. The zero-order valence-electron chi connectivity index (χ0n) is 12.4. The highest BCUT2D eigenvalue weighted by Gasteiger charge is 2.46. The molecular weight excluding hydrogens is 268 g/mol. The Hall–Kier alpha value is -1.71. The van der Waals surface area contributed by atoms with E-state index < -0.39 is 5.97 Å². The summed E-state index contributed by atoms with van der Waals surface area (Å²) in [6, 6.07) is 5.88. The van der Waals surface area contributed by atoms with Crippen LogP contribution in [0.5, 0.6) is 11.5 Å². The van der Waals surface area contributed by atoms with E-state index >= 15 is 0 Å². The lowest BCUT2D eigenvalue weighted by atomic mass is 9.92. The molecule has 3 rings (SSSR count). The molecule has 0 unspecified atom stereocenters. The van der Waals surface area contributed by atoms with Gasteiger partial charge < -0.3 is 14.6 Å². The zero-order valence-corrected chi connectivity index (χ0v) is 12.4. The fourth-order valence-electron chi connectivity index (χ4n) is 3.29. The Morgan fingerprint density at radius 1 is 1.29 bits per heavy atom. The summed E-state index contributed by atoms with van der Waals surface area (Å²) in [5.41, 5.74) is 0.880. The van der Waals surface area contributed by atoms with Gasteiger partial charge in [0, 0.05) is 5.41 Å². The standard InChI is InChI=1S/C17H22O4/c1-20-14-7-6-12(17(8-9-17)11-16(18)19)10-15(14)21-13-4-2-3-5-13/h6-7,10,13H,2-5,8-9,11H2,1H3,(H,18,19). The Kier molecular flexibility index (Phi) is 3.79. The fourth-order valence-corrected chi connectivity index (χ4v) is 3.29.